The molecule has 0 fully saturated rings. The van der Waals surface area contributed by atoms with Gasteiger partial charge in [0.05, 0.1) is 5.56 Å². The van der Waals surface area contributed by atoms with Gasteiger partial charge >= 0.3 is 18.1 Å². The topological polar surface area (TPSA) is 83.8 Å². The molecule has 0 unspecified atom stereocenters. The second-order valence-electron chi connectivity index (χ2n) is 3.20. The molecule has 18 heavy (non-hydrogen) atoms. The number of benzene rings is 1. The standard InChI is InChI=1S/C10H7F3O5/c11-10(12,13)5-1-2-6(9(16)17)7(3-5)18-4-8(14)15/h1-3H,4H2,(H,14,15)(H,16,17). The molecule has 0 aliphatic carbocycles. The number of aliphatic carboxylic acids is 1. The largest absolute Gasteiger partial charge is 0.481 e. The molecule has 0 saturated heterocycles. The fourth-order valence-corrected chi connectivity index (χ4v) is 1.13. The minimum atomic E-state index is -4.67. The molecular weight excluding hydrogens is 257 g/mol. The Labute approximate surface area is 98.4 Å². The molecule has 5 nitrogen and oxygen atoms in total. The predicted molar refractivity (Wildman–Crippen MR) is 51.5 cm³/mol. The Balaban J connectivity index is 3.15. The second kappa shape index (κ2) is 4.94. The molecule has 0 aliphatic heterocycles. The minimum Gasteiger partial charge on any atom is -0.481 e. The van der Waals surface area contributed by atoms with Gasteiger partial charge < -0.3 is 14.9 Å². The summed E-state index contributed by atoms with van der Waals surface area (Å²) in [6.45, 7) is -0.929. The van der Waals surface area contributed by atoms with Gasteiger partial charge in [-0.2, -0.15) is 13.2 Å². The van der Waals surface area contributed by atoms with Gasteiger partial charge in [-0.1, -0.05) is 0 Å². The summed E-state index contributed by atoms with van der Waals surface area (Å²) in [7, 11) is 0. The maximum atomic E-state index is 12.4. The van der Waals surface area contributed by atoms with Gasteiger partial charge in [0.2, 0.25) is 0 Å². The van der Waals surface area contributed by atoms with Crippen LogP contribution in [0.5, 0.6) is 5.75 Å². The smallest absolute Gasteiger partial charge is 0.416 e. The summed E-state index contributed by atoms with van der Waals surface area (Å²) < 4.78 is 41.7. The van der Waals surface area contributed by atoms with Gasteiger partial charge in [0.1, 0.15) is 11.3 Å². The van der Waals surface area contributed by atoms with Crippen molar-refractivity contribution in [2.45, 2.75) is 6.18 Å². The van der Waals surface area contributed by atoms with Crippen molar-refractivity contribution in [2.75, 3.05) is 6.61 Å². The zero-order valence-corrected chi connectivity index (χ0v) is 8.69. The van der Waals surface area contributed by atoms with Crippen molar-refractivity contribution in [1.29, 1.82) is 0 Å². The summed E-state index contributed by atoms with van der Waals surface area (Å²) >= 11 is 0. The zero-order valence-electron chi connectivity index (χ0n) is 8.69. The number of carbonyl (C=O) groups is 2. The molecule has 0 heterocycles. The molecule has 0 saturated carbocycles. The Morgan fingerprint density at radius 3 is 2.28 bits per heavy atom. The van der Waals surface area contributed by atoms with Gasteiger partial charge in [-0.05, 0) is 18.2 Å². The van der Waals surface area contributed by atoms with Crippen molar-refractivity contribution in [3.05, 3.63) is 29.3 Å². The van der Waals surface area contributed by atoms with E-state index >= 15 is 0 Å². The van der Waals surface area contributed by atoms with Gasteiger partial charge in [-0.3, -0.25) is 0 Å². The normalized spacial score (nSPS) is 11.1. The number of ether oxygens (including phenoxy) is 1. The lowest BCUT2D eigenvalue weighted by Crippen LogP contribution is -2.13. The molecule has 0 aromatic heterocycles. The average molecular weight is 264 g/mol. The van der Waals surface area contributed by atoms with Crippen LogP contribution in [0, 0.1) is 0 Å². The molecule has 0 radical (unpaired) electrons. The summed E-state index contributed by atoms with van der Waals surface area (Å²) in [6.07, 6.45) is -4.67. The van der Waals surface area contributed by atoms with Crippen LogP contribution < -0.4 is 4.74 Å². The van der Waals surface area contributed by atoms with E-state index in [2.05, 4.69) is 4.74 Å². The Kier molecular flexibility index (Phi) is 3.79. The van der Waals surface area contributed by atoms with E-state index in [9.17, 15) is 22.8 Å². The van der Waals surface area contributed by atoms with Crippen molar-refractivity contribution < 1.29 is 37.7 Å². The van der Waals surface area contributed by atoms with E-state index in [4.69, 9.17) is 10.2 Å². The summed E-state index contributed by atoms with van der Waals surface area (Å²) in [5.41, 5.74) is -1.66. The van der Waals surface area contributed by atoms with Crippen LogP contribution in [-0.4, -0.2) is 28.8 Å². The summed E-state index contributed by atoms with van der Waals surface area (Å²) in [5, 5.41) is 17.1. The highest BCUT2D eigenvalue weighted by Gasteiger charge is 2.32. The molecule has 0 atom stereocenters. The lowest BCUT2D eigenvalue weighted by Gasteiger charge is -2.11. The summed E-state index contributed by atoms with van der Waals surface area (Å²) in [5.74, 6) is -3.58. The third-order valence-corrected chi connectivity index (χ3v) is 1.89. The molecule has 1 rings (SSSR count). The number of halogens is 3. The zero-order chi connectivity index (χ0) is 13.9. The van der Waals surface area contributed by atoms with E-state index in [1.807, 2.05) is 0 Å². The number of carboxylic acids is 2. The third-order valence-electron chi connectivity index (χ3n) is 1.89. The molecule has 0 spiro atoms. The SMILES string of the molecule is O=C(O)COc1cc(C(F)(F)F)ccc1C(=O)O. The minimum absolute atomic E-state index is 0.451. The maximum Gasteiger partial charge on any atom is 0.416 e. The van der Waals surface area contributed by atoms with Crippen LogP contribution in [0.1, 0.15) is 15.9 Å². The van der Waals surface area contributed by atoms with Crippen LogP contribution in [0.4, 0.5) is 13.2 Å². The number of alkyl halides is 3. The van der Waals surface area contributed by atoms with E-state index in [0.29, 0.717) is 18.2 Å². The molecule has 98 valence electrons. The molecule has 1 aromatic rings. The number of rotatable bonds is 4. The lowest BCUT2D eigenvalue weighted by atomic mass is 10.1. The van der Waals surface area contributed by atoms with Crippen molar-refractivity contribution in [1.82, 2.24) is 0 Å². The number of hydrogen-bond donors (Lipinski definition) is 2. The summed E-state index contributed by atoms with van der Waals surface area (Å²) in [4.78, 5) is 21.0. The first-order valence-corrected chi connectivity index (χ1v) is 4.51. The van der Waals surface area contributed by atoms with Crippen LogP contribution in [0.3, 0.4) is 0 Å². The Bertz CT molecular complexity index is 481. The van der Waals surface area contributed by atoms with Crippen LogP contribution in [0.25, 0.3) is 0 Å². The Morgan fingerprint density at radius 1 is 1.22 bits per heavy atom. The van der Waals surface area contributed by atoms with E-state index < -0.39 is 41.6 Å². The molecule has 2 N–H and O–H groups in total. The first kappa shape index (κ1) is 13.8. The van der Waals surface area contributed by atoms with Crippen LogP contribution in [0.2, 0.25) is 0 Å². The van der Waals surface area contributed by atoms with Gasteiger partial charge in [-0.25, -0.2) is 9.59 Å². The quantitative estimate of drug-likeness (QED) is 0.867. The molecule has 1 aromatic carbocycles. The highest BCUT2D eigenvalue weighted by atomic mass is 19.4. The Morgan fingerprint density at radius 2 is 1.83 bits per heavy atom. The van der Waals surface area contributed by atoms with E-state index in [1.54, 1.807) is 0 Å². The summed E-state index contributed by atoms with van der Waals surface area (Å²) in [6, 6.07) is 1.74. The average Bonchev–Trinajstić information content (AvgIpc) is 2.24. The van der Waals surface area contributed by atoms with E-state index in [0.717, 1.165) is 0 Å². The maximum absolute atomic E-state index is 12.4. The molecule has 0 amide bonds. The number of hydrogen-bond acceptors (Lipinski definition) is 3. The third kappa shape index (κ3) is 3.37. The fraction of sp³-hybridized carbons (Fsp3) is 0.200. The number of carboxylic acid groups (broad SMARTS) is 2. The van der Waals surface area contributed by atoms with E-state index in [-0.39, 0.29) is 0 Å². The van der Waals surface area contributed by atoms with Crippen molar-refractivity contribution >= 4 is 11.9 Å². The molecule has 0 aliphatic rings. The highest BCUT2D eigenvalue weighted by molar-refractivity contribution is 5.91. The second-order valence-corrected chi connectivity index (χ2v) is 3.20. The predicted octanol–water partition coefficient (Wildman–Crippen LogP) is 1.87. The van der Waals surface area contributed by atoms with Crippen molar-refractivity contribution in [2.24, 2.45) is 0 Å². The van der Waals surface area contributed by atoms with Crippen molar-refractivity contribution in [3.63, 3.8) is 0 Å². The lowest BCUT2D eigenvalue weighted by molar-refractivity contribution is -0.139. The van der Waals surface area contributed by atoms with Gasteiger partial charge in [0, 0.05) is 0 Å². The first-order chi connectivity index (χ1) is 8.21. The van der Waals surface area contributed by atoms with Gasteiger partial charge in [-0.15, -0.1) is 0 Å². The highest BCUT2D eigenvalue weighted by Crippen LogP contribution is 2.33. The Hall–Kier alpha value is -2.25. The first-order valence-electron chi connectivity index (χ1n) is 4.51. The molecule has 0 bridgehead atoms. The molecular formula is C10H7F3O5. The van der Waals surface area contributed by atoms with Crippen LogP contribution in [-0.2, 0) is 11.0 Å². The van der Waals surface area contributed by atoms with Gasteiger partial charge in [0.25, 0.3) is 0 Å². The van der Waals surface area contributed by atoms with Crippen LogP contribution in [0.15, 0.2) is 18.2 Å². The molecule has 8 heteroatoms. The van der Waals surface area contributed by atoms with Gasteiger partial charge in [0.15, 0.2) is 6.61 Å². The van der Waals surface area contributed by atoms with Crippen molar-refractivity contribution in [3.8, 4) is 5.75 Å². The monoisotopic (exact) mass is 264 g/mol. The van der Waals surface area contributed by atoms with Crippen LogP contribution >= 0.6 is 0 Å². The van der Waals surface area contributed by atoms with E-state index in [1.165, 1.54) is 0 Å². The number of aromatic carboxylic acids is 1. The fourth-order valence-electron chi connectivity index (χ4n) is 1.13.